The van der Waals surface area contributed by atoms with Gasteiger partial charge in [0, 0.05) is 6.08 Å². The van der Waals surface area contributed by atoms with Crippen molar-refractivity contribution in [3.8, 4) is 0 Å². The van der Waals surface area contributed by atoms with Crippen LogP contribution >= 0.6 is 0 Å². The maximum Gasteiger partial charge on any atom is 0.202 e. The molecule has 14 heavy (non-hydrogen) atoms. The molecule has 1 aliphatic heterocycles. The van der Waals surface area contributed by atoms with Crippen LogP contribution in [-0.4, -0.2) is 11.4 Å². The quantitative estimate of drug-likeness (QED) is 0.675. The number of hydrogen-bond acceptors (Lipinski definition) is 2. The third-order valence-electron chi connectivity index (χ3n) is 3.57. The molecule has 0 atom stereocenters. The zero-order valence-electron chi connectivity index (χ0n) is 8.79. The summed E-state index contributed by atoms with van der Waals surface area (Å²) in [7, 11) is 0. The van der Waals surface area contributed by atoms with Crippen LogP contribution in [0.4, 0.5) is 0 Å². The van der Waals surface area contributed by atoms with Crippen LogP contribution in [0.1, 0.15) is 45.4 Å². The molecule has 0 aromatic heterocycles. The molecule has 1 spiro atoms. The molecule has 2 heteroatoms. The average molecular weight is 194 g/mol. The van der Waals surface area contributed by atoms with E-state index >= 15 is 0 Å². The summed E-state index contributed by atoms with van der Waals surface area (Å²) in [5, 5.41) is 0. The minimum Gasteiger partial charge on any atom is -0.487 e. The number of ketones is 1. The highest BCUT2D eigenvalue weighted by Crippen LogP contribution is 2.39. The van der Waals surface area contributed by atoms with E-state index in [9.17, 15) is 4.79 Å². The number of hydrogen-bond donors (Lipinski definition) is 0. The predicted octanol–water partition coefficient (Wildman–Crippen LogP) is 2.83. The molecule has 2 rings (SSSR count). The van der Waals surface area contributed by atoms with Gasteiger partial charge in [0.05, 0.1) is 6.26 Å². The van der Waals surface area contributed by atoms with E-state index in [2.05, 4.69) is 6.92 Å². The molecular weight excluding hydrogens is 176 g/mol. The van der Waals surface area contributed by atoms with Crippen molar-refractivity contribution in [3.05, 3.63) is 12.3 Å². The van der Waals surface area contributed by atoms with E-state index in [4.69, 9.17) is 4.74 Å². The number of rotatable bonds is 2. The zero-order valence-corrected chi connectivity index (χ0v) is 8.79. The molecule has 0 aromatic carbocycles. The summed E-state index contributed by atoms with van der Waals surface area (Å²) in [6, 6.07) is 0. The third-order valence-corrected chi connectivity index (χ3v) is 3.57. The SMILES string of the molecule is CCCC1CCC2(CC1)OC=CC2=O. The lowest BCUT2D eigenvalue weighted by Crippen LogP contribution is -2.40. The van der Waals surface area contributed by atoms with Crippen molar-refractivity contribution in [1.29, 1.82) is 0 Å². The lowest BCUT2D eigenvalue weighted by Gasteiger charge is -2.35. The Morgan fingerprint density at radius 3 is 2.71 bits per heavy atom. The van der Waals surface area contributed by atoms with Gasteiger partial charge >= 0.3 is 0 Å². The van der Waals surface area contributed by atoms with Gasteiger partial charge in [0.1, 0.15) is 0 Å². The molecule has 2 nitrogen and oxygen atoms in total. The van der Waals surface area contributed by atoms with Gasteiger partial charge in [-0.3, -0.25) is 4.79 Å². The van der Waals surface area contributed by atoms with Gasteiger partial charge in [-0.2, -0.15) is 0 Å². The van der Waals surface area contributed by atoms with Crippen molar-refractivity contribution in [1.82, 2.24) is 0 Å². The largest absolute Gasteiger partial charge is 0.487 e. The molecule has 0 unspecified atom stereocenters. The van der Waals surface area contributed by atoms with Crippen LogP contribution in [-0.2, 0) is 9.53 Å². The summed E-state index contributed by atoms with van der Waals surface area (Å²) >= 11 is 0. The second kappa shape index (κ2) is 3.76. The van der Waals surface area contributed by atoms with Gasteiger partial charge < -0.3 is 4.74 Å². The maximum absolute atomic E-state index is 11.6. The van der Waals surface area contributed by atoms with Crippen LogP contribution in [0.3, 0.4) is 0 Å². The summed E-state index contributed by atoms with van der Waals surface area (Å²) in [6.07, 6.45) is 9.86. The lowest BCUT2D eigenvalue weighted by molar-refractivity contribution is -0.133. The average Bonchev–Trinajstić information content (AvgIpc) is 2.53. The summed E-state index contributed by atoms with van der Waals surface area (Å²) in [5.74, 6) is 1.01. The monoisotopic (exact) mass is 194 g/mol. The second-order valence-corrected chi connectivity index (χ2v) is 4.51. The Kier molecular flexibility index (Phi) is 2.62. The first-order chi connectivity index (χ1) is 6.77. The van der Waals surface area contributed by atoms with Crippen molar-refractivity contribution >= 4 is 5.78 Å². The van der Waals surface area contributed by atoms with Crippen molar-refractivity contribution in [2.24, 2.45) is 5.92 Å². The fourth-order valence-corrected chi connectivity index (χ4v) is 2.64. The first-order valence-corrected chi connectivity index (χ1v) is 5.65. The van der Waals surface area contributed by atoms with E-state index in [-0.39, 0.29) is 5.78 Å². The first kappa shape index (κ1) is 9.75. The van der Waals surface area contributed by atoms with Gasteiger partial charge in [-0.25, -0.2) is 0 Å². The van der Waals surface area contributed by atoms with Gasteiger partial charge in [0.2, 0.25) is 5.78 Å². The van der Waals surface area contributed by atoms with Gasteiger partial charge in [-0.15, -0.1) is 0 Å². The van der Waals surface area contributed by atoms with E-state index in [0.717, 1.165) is 31.6 Å². The Morgan fingerprint density at radius 1 is 1.50 bits per heavy atom. The molecule has 0 saturated heterocycles. The summed E-state index contributed by atoms with van der Waals surface area (Å²) in [5.41, 5.74) is -0.440. The highest BCUT2D eigenvalue weighted by molar-refractivity contribution is 5.98. The van der Waals surface area contributed by atoms with E-state index in [0.29, 0.717) is 0 Å². The molecule has 0 aromatic rings. The van der Waals surface area contributed by atoms with Gasteiger partial charge in [-0.1, -0.05) is 19.8 Å². The Bertz CT molecular complexity index is 247. The topological polar surface area (TPSA) is 26.3 Å². The maximum atomic E-state index is 11.6. The summed E-state index contributed by atoms with van der Waals surface area (Å²) < 4.78 is 5.49. The second-order valence-electron chi connectivity index (χ2n) is 4.51. The summed E-state index contributed by atoms with van der Waals surface area (Å²) in [4.78, 5) is 11.6. The smallest absolute Gasteiger partial charge is 0.202 e. The fourth-order valence-electron chi connectivity index (χ4n) is 2.64. The fraction of sp³-hybridized carbons (Fsp3) is 0.750. The van der Waals surface area contributed by atoms with Crippen molar-refractivity contribution < 1.29 is 9.53 Å². The number of ether oxygens (including phenoxy) is 1. The molecule has 0 amide bonds. The molecule has 0 N–H and O–H groups in total. The van der Waals surface area contributed by atoms with E-state index in [1.807, 2.05) is 0 Å². The van der Waals surface area contributed by atoms with Crippen LogP contribution in [0, 0.1) is 5.92 Å². The van der Waals surface area contributed by atoms with Crippen molar-refractivity contribution in [2.75, 3.05) is 0 Å². The Morgan fingerprint density at radius 2 is 2.21 bits per heavy atom. The highest BCUT2D eigenvalue weighted by Gasteiger charge is 2.44. The van der Waals surface area contributed by atoms with Crippen LogP contribution < -0.4 is 0 Å². The van der Waals surface area contributed by atoms with Crippen LogP contribution in [0.25, 0.3) is 0 Å². The molecule has 1 saturated carbocycles. The molecule has 1 heterocycles. The van der Waals surface area contributed by atoms with Crippen LogP contribution in [0.5, 0.6) is 0 Å². The molecular formula is C12H18O2. The van der Waals surface area contributed by atoms with E-state index in [1.54, 1.807) is 12.3 Å². The zero-order chi connectivity index (χ0) is 10.0. The number of carbonyl (C=O) groups excluding carboxylic acids is 1. The van der Waals surface area contributed by atoms with Crippen molar-refractivity contribution in [2.45, 2.75) is 51.0 Å². The Labute approximate surface area is 85.3 Å². The standard InChI is InChI=1S/C12H18O2/c1-2-3-10-4-7-12(8-5-10)11(13)6-9-14-12/h6,9-10H,2-5,7-8H2,1H3. The van der Waals surface area contributed by atoms with Gasteiger partial charge in [0.25, 0.3) is 0 Å². The van der Waals surface area contributed by atoms with Gasteiger partial charge in [0.15, 0.2) is 5.60 Å². The molecule has 78 valence electrons. The highest BCUT2D eigenvalue weighted by atomic mass is 16.5. The Balaban J connectivity index is 1.92. The van der Waals surface area contributed by atoms with Gasteiger partial charge in [-0.05, 0) is 31.6 Å². The minimum atomic E-state index is -0.440. The van der Waals surface area contributed by atoms with Crippen LogP contribution in [0.15, 0.2) is 12.3 Å². The molecule has 1 aliphatic carbocycles. The van der Waals surface area contributed by atoms with Crippen molar-refractivity contribution in [3.63, 3.8) is 0 Å². The molecule has 0 radical (unpaired) electrons. The van der Waals surface area contributed by atoms with Crippen LogP contribution in [0.2, 0.25) is 0 Å². The Hall–Kier alpha value is -0.790. The molecule has 1 fully saturated rings. The normalized spacial score (nSPS) is 36.4. The van der Waals surface area contributed by atoms with E-state index in [1.165, 1.54) is 12.8 Å². The number of carbonyl (C=O) groups is 1. The van der Waals surface area contributed by atoms with E-state index < -0.39 is 5.60 Å². The third kappa shape index (κ3) is 1.58. The molecule has 0 bridgehead atoms. The molecule has 2 aliphatic rings. The minimum absolute atomic E-state index is 0.187. The summed E-state index contributed by atoms with van der Waals surface area (Å²) in [6.45, 7) is 2.23. The lowest BCUT2D eigenvalue weighted by atomic mass is 9.75. The predicted molar refractivity (Wildman–Crippen MR) is 54.8 cm³/mol. The first-order valence-electron chi connectivity index (χ1n) is 5.65.